The molecule has 1 rings (SSSR count). The number of nitrogens with zero attached hydrogens (tertiary/aromatic N) is 1. The maximum atomic E-state index is 12.0. The SMILES string of the molecule is CC(C)(C)C(=O)N1CCC(C(=O)O)(C(=O)O)CC1. The van der Waals surface area contributed by atoms with Crippen LogP contribution in [-0.2, 0) is 14.4 Å². The van der Waals surface area contributed by atoms with Gasteiger partial charge >= 0.3 is 11.9 Å². The summed E-state index contributed by atoms with van der Waals surface area (Å²) in [4.78, 5) is 35.8. The molecule has 0 radical (unpaired) electrons. The molecule has 1 aliphatic rings. The standard InChI is InChI=1S/C12H19NO5/c1-11(2,3)8(14)13-6-4-12(5-7-13,9(15)16)10(17)18/h4-7H2,1-3H3,(H,15,16)(H,17,18). The Morgan fingerprint density at radius 1 is 1.00 bits per heavy atom. The molecule has 6 heteroatoms. The van der Waals surface area contributed by atoms with Crippen LogP contribution in [0.1, 0.15) is 33.6 Å². The molecule has 18 heavy (non-hydrogen) atoms. The first-order valence-electron chi connectivity index (χ1n) is 5.87. The fourth-order valence-electron chi connectivity index (χ4n) is 2.09. The molecular weight excluding hydrogens is 238 g/mol. The van der Waals surface area contributed by atoms with Crippen LogP contribution in [0.5, 0.6) is 0 Å². The van der Waals surface area contributed by atoms with Crippen LogP contribution < -0.4 is 0 Å². The van der Waals surface area contributed by atoms with E-state index in [1.807, 2.05) is 0 Å². The fraction of sp³-hybridized carbons (Fsp3) is 0.750. The Hall–Kier alpha value is -1.59. The molecule has 1 fully saturated rings. The van der Waals surface area contributed by atoms with E-state index < -0.39 is 22.8 Å². The van der Waals surface area contributed by atoms with Gasteiger partial charge in [-0.15, -0.1) is 0 Å². The van der Waals surface area contributed by atoms with Crippen LogP contribution in [-0.4, -0.2) is 46.0 Å². The van der Waals surface area contributed by atoms with Gasteiger partial charge in [0.1, 0.15) is 0 Å². The number of aliphatic carboxylic acids is 2. The first-order chi connectivity index (χ1) is 8.11. The second kappa shape index (κ2) is 4.59. The third-order valence-corrected chi connectivity index (χ3v) is 3.36. The third-order valence-electron chi connectivity index (χ3n) is 3.36. The second-order valence-electron chi connectivity index (χ2n) is 5.73. The summed E-state index contributed by atoms with van der Waals surface area (Å²) in [5.41, 5.74) is -2.28. The van der Waals surface area contributed by atoms with Gasteiger partial charge in [-0.25, -0.2) is 0 Å². The van der Waals surface area contributed by atoms with E-state index in [2.05, 4.69) is 0 Å². The molecule has 2 N–H and O–H groups in total. The van der Waals surface area contributed by atoms with Crippen molar-refractivity contribution >= 4 is 17.8 Å². The van der Waals surface area contributed by atoms with Crippen molar-refractivity contribution in [2.24, 2.45) is 10.8 Å². The molecule has 1 heterocycles. The Kier molecular flexibility index (Phi) is 3.69. The molecule has 0 aromatic rings. The summed E-state index contributed by atoms with van der Waals surface area (Å²) in [7, 11) is 0. The number of carbonyl (C=O) groups is 3. The number of rotatable bonds is 2. The number of carbonyl (C=O) groups excluding carboxylic acids is 1. The van der Waals surface area contributed by atoms with Crippen molar-refractivity contribution in [1.82, 2.24) is 4.90 Å². The quantitative estimate of drug-likeness (QED) is 0.714. The zero-order valence-corrected chi connectivity index (χ0v) is 10.9. The molecule has 0 unspecified atom stereocenters. The Balaban J connectivity index is 2.80. The Morgan fingerprint density at radius 2 is 1.39 bits per heavy atom. The lowest BCUT2D eigenvalue weighted by Gasteiger charge is -2.38. The van der Waals surface area contributed by atoms with Crippen LogP contribution >= 0.6 is 0 Å². The molecule has 1 amide bonds. The molecule has 0 spiro atoms. The average Bonchev–Trinajstić information content (AvgIpc) is 2.26. The van der Waals surface area contributed by atoms with Gasteiger partial charge in [0.2, 0.25) is 5.91 Å². The average molecular weight is 257 g/mol. The number of piperidine rings is 1. The summed E-state index contributed by atoms with van der Waals surface area (Å²) >= 11 is 0. The van der Waals surface area contributed by atoms with Gasteiger partial charge in [0.05, 0.1) is 0 Å². The molecule has 0 aromatic heterocycles. The fourth-order valence-corrected chi connectivity index (χ4v) is 2.09. The first kappa shape index (κ1) is 14.5. The molecule has 0 bridgehead atoms. The third kappa shape index (κ3) is 2.47. The van der Waals surface area contributed by atoms with Crippen molar-refractivity contribution in [3.63, 3.8) is 0 Å². The van der Waals surface area contributed by atoms with Crippen LogP contribution in [0.3, 0.4) is 0 Å². The number of amides is 1. The topological polar surface area (TPSA) is 94.9 Å². The van der Waals surface area contributed by atoms with Crippen molar-refractivity contribution in [2.75, 3.05) is 13.1 Å². The lowest BCUT2D eigenvalue weighted by Crippen LogP contribution is -2.52. The van der Waals surface area contributed by atoms with Crippen molar-refractivity contribution in [3.05, 3.63) is 0 Å². The Bertz CT molecular complexity index is 358. The van der Waals surface area contributed by atoms with E-state index in [9.17, 15) is 14.4 Å². The van der Waals surface area contributed by atoms with E-state index in [-0.39, 0.29) is 31.8 Å². The molecule has 6 nitrogen and oxygen atoms in total. The summed E-state index contributed by atoms with van der Waals surface area (Å²) in [5, 5.41) is 18.1. The number of hydrogen-bond donors (Lipinski definition) is 2. The normalized spacial score (nSPS) is 19.4. The molecule has 102 valence electrons. The maximum absolute atomic E-state index is 12.0. The summed E-state index contributed by atoms with van der Waals surface area (Å²) < 4.78 is 0. The highest BCUT2D eigenvalue weighted by atomic mass is 16.4. The highest BCUT2D eigenvalue weighted by Crippen LogP contribution is 2.33. The highest BCUT2D eigenvalue weighted by molar-refractivity contribution is 5.98. The van der Waals surface area contributed by atoms with E-state index in [1.54, 1.807) is 25.7 Å². The summed E-state index contributed by atoms with van der Waals surface area (Å²) in [6, 6.07) is 0. The van der Waals surface area contributed by atoms with E-state index in [1.165, 1.54) is 0 Å². The van der Waals surface area contributed by atoms with Crippen LogP contribution in [0.25, 0.3) is 0 Å². The van der Waals surface area contributed by atoms with Gasteiger partial charge in [-0.1, -0.05) is 20.8 Å². The lowest BCUT2D eigenvalue weighted by molar-refractivity contribution is -0.170. The van der Waals surface area contributed by atoms with Crippen LogP contribution in [0.4, 0.5) is 0 Å². The van der Waals surface area contributed by atoms with E-state index in [0.717, 1.165) is 0 Å². The van der Waals surface area contributed by atoms with Crippen molar-refractivity contribution in [2.45, 2.75) is 33.6 Å². The van der Waals surface area contributed by atoms with Gasteiger partial charge in [0.25, 0.3) is 0 Å². The molecule has 0 saturated carbocycles. The monoisotopic (exact) mass is 257 g/mol. The number of carboxylic acid groups (broad SMARTS) is 2. The van der Waals surface area contributed by atoms with E-state index in [0.29, 0.717) is 0 Å². The van der Waals surface area contributed by atoms with Gasteiger partial charge in [-0.3, -0.25) is 14.4 Å². The minimum atomic E-state index is -1.74. The van der Waals surface area contributed by atoms with Crippen molar-refractivity contribution in [3.8, 4) is 0 Å². The van der Waals surface area contributed by atoms with Crippen LogP contribution in [0.2, 0.25) is 0 Å². The van der Waals surface area contributed by atoms with Gasteiger partial charge in [-0.05, 0) is 12.8 Å². The molecule has 1 aliphatic heterocycles. The molecule has 1 saturated heterocycles. The van der Waals surface area contributed by atoms with Gasteiger partial charge in [0.15, 0.2) is 5.41 Å². The zero-order chi connectivity index (χ0) is 14.1. The van der Waals surface area contributed by atoms with E-state index >= 15 is 0 Å². The molecule has 0 aliphatic carbocycles. The Labute approximate surface area is 106 Å². The van der Waals surface area contributed by atoms with Crippen LogP contribution in [0.15, 0.2) is 0 Å². The summed E-state index contributed by atoms with van der Waals surface area (Å²) in [6.45, 7) is 5.70. The van der Waals surface area contributed by atoms with Crippen LogP contribution in [0, 0.1) is 10.8 Å². The lowest BCUT2D eigenvalue weighted by atomic mass is 9.78. The Morgan fingerprint density at radius 3 is 1.67 bits per heavy atom. The van der Waals surface area contributed by atoms with Gasteiger partial charge in [-0.2, -0.15) is 0 Å². The minimum absolute atomic E-state index is 0.0422. The maximum Gasteiger partial charge on any atom is 0.321 e. The molecule has 0 aromatic carbocycles. The smallest absolute Gasteiger partial charge is 0.321 e. The summed E-state index contributed by atoms with van der Waals surface area (Å²) in [6.07, 6.45) is -0.0844. The van der Waals surface area contributed by atoms with Crippen molar-refractivity contribution < 1.29 is 24.6 Å². The predicted molar refractivity (Wildman–Crippen MR) is 63.0 cm³/mol. The first-order valence-corrected chi connectivity index (χ1v) is 5.87. The highest BCUT2D eigenvalue weighted by Gasteiger charge is 2.49. The summed E-state index contributed by atoms with van der Waals surface area (Å²) in [5.74, 6) is -2.72. The van der Waals surface area contributed by atoms with Gasteiger partial charge < -0.3 is 15.1 Å². The molecular formula is C12H19NO5. The van der Waals surface area contributed by atoms with Gasteiger partial charge in [0, 0.05) is 18.5 Å². The minimum Gasteiger partial charge on any atom is -0.480 e. The van der Waals surface area contributed by atoms with Crippen molar-refractivity contribution in [1.29, 1.82) is 0 Å². The zero-order valence-electron chi connectivity index (χ0n) is 10.9. The predicted octanol–water partition coefficient (Wildman–Crippen LogP) is 0.810. The second-order valence-corrected chi connectivity index (χ2v) is 5.73. The molecule has 0 atom stereocenters. The number of carboxylic acids is 2. The largest absolute Gasteiger partial charge is 0.480 e. The number of likely N-dealkylation sites (tertiary alicyclic amines) is 1. The van der Waals surface area contributed by atoms with E-state index in [4.69, 9.17) is 10.2 Å². The number of hydrogen-bond acceptors (Lipinski definition) is 3.